The molecule has 22 heavy (non-hydrogen) atoms. The van der Waals surface area contributed by atoms with Crippen LogP contribution in [-0.4, -0.2) is 33.1 Å². The van der Waals surface area contributed by atoms with Crippen LogP contribution in [0.3, 0.4) is 0 Å². The highest BCUT2D eigenvalue weighted by Crippen LogP contribution is 2.40. The maximum absolute atomic E-state index is 13.1. The fourth-order valence-electron chi connectivity index (χ4n) is 2.58. The Bertz CT molecular complexity index is 582. The van der Waals surface area contributed by atoms with Gasteiger partial charge in [-0.3, -0.25) is 4.68 Å². The quantitative estimate of drug-likeness (QED) is 0.862. The molecule has 1 fully saturated rings. The molecule has 1 saturated carbocycles. The highest BCUT2D eigenvalue weighted by molar-refractivity contribution is 5.89. The van der Waals surface area contributed by atoms with Gasteiger partial charge in [-0.1, -0.05) is 0 Å². The van der Waals surface area contributed by atoms with E-state index in [1.165, 1.54) is 0 Å². The van der Waals surface area contributed by atoms with Crippen molar-refractivity contribution in [1.29, 1.82) is 0 Å². The first-order valence-corrected chi connectivity index (χ1v) is 6.43. The number of aryl methyl sites for hydroxylation is 1. The van der Waals surface area contributed by atoms with Gasteiger partial charge in [-0.15, -0.1) is 13.2 Å². The van der Waals surface area contributed by atoms with E-state index in [-0.39, 0.29) is 25.1 Å². The molecule has 10 heteroatoms. The lowest BCUT2D eigenvalue weighted by atomic mass is 10.1. The number of hydrogen-bond donors (Lipinski definition) is 1. The Kier molecular flexibility index (Phi) is 4.05. The van der Waals surface area contributed by atoms with E-state index in [9.17, 15) is 26.7 Å². The molecule has 1 unspecified atom stereocenters. The van der Waals surface area contributed by atoms with Crippen molar-refractivity contribution < 1.29 is 36.6 Å². The second-order valence-electron chi connectivity index (χ2n) is 5.26. The van der Waals surface area contributed by atoms with E-state index in [1.807, 2.05) is 0 Å². The van der Waals surface area contributed by atoms with Gasteiger partial charge in [0.2, 0.25) is 5.92 Å². The van der Waals surface area contributed by atoms with E-state index in [2.05, 4.69) is 9.84 Å². The third-order valence-electron chi connectivity index (χ3n) is 3.43. The van der Waals surface area contributed by atoms with Crippen molar-refractivity contribution in [3.05, 3.63) is 11.4 Å². The summed E-state index contributed by atoms with van der Waals surface area (Å²) in [5, 5.41) is 12.8. The second-order valence-corrected chi connectivity index (χ2v) is 5.26. The van der Waals surface area contributed by atoms with Crippen LogP contribution in [0.4, 0.5) is 22.0 Å². The van der Waals surface area contributed by atoms with Crippen molar-refractivity contribution in [1.82, 2.24) is 9.78 Å². The molecule has 0 saturated heterocycles. The Labute approximate surface area is 121 Å². The SMILES string of the molecule is Cc1nn(CC2CCC(F)(F)C2)c(C(=O)O)c1OC(F)(F)F. The van der Waals surface area contributed by atoms with Crippen molar-refractivity contribution in [2.45, 2.75) is 45.0 Å². The van der Waals surface area contributed by atoms with E-state index in [0.29, 0.717) is 0 Å². The molecule has 5 nitrogen and oxygen atoms in total. The molecule has 1 N–H and O–H groups in total. The number of alkyl halides is 5. The average molecular weight is 328 g/mol. The molecule has 1 aromatic rings. The Balaban J connectivity index is 2.28. The van der Waals surface area contributed by atoms with Gasteiger partial charge in [0.25, 0.3) is 0 Å². The third-order valence-corrected chi connectivity index (χ3v) is 3.43. The maximum Gasteiger partial charge on any atom is 0.573 e. The second kappa shape index (κ2) is 5.40. The number of nitrogens with zero attached hydrogens (tertiary/aromatic N) is 2. The maximum atomic E-state index is 13.1. The molecule has 124 valence electrons. The Morgan fingerprint density at radius 1 is 1.50 bits per heavy atom. The van der Waals surface area contributed by atoms with Crippen molar-refractivity contribution in [3.63, 3.8) is 0 Å². The van der Waals surface area contributed by atoms with Gasteiger partial charge in [0, 0.05) is 19.4 Å². The predicted octanol–water partition coefficient (Wildman–Crippen LogP) is 3.22. The standard InChI is InChI=1S/C12H13F5N2O3/c1-6-9(22-12(15,16)17)8(10(20)21)19(18-6)5-7-2-3-11(13,14)4-7/h7H,2-5H2,1H3,(H,20,21). The normalized spacial score (nSPS) is 21.1. The van der Waals surface area contributed by atoms with Crippen molar-refractivity contribution in [3.8, 4) is 5.75 Å². The van der Waals surface area contributed by atoms with Gasteiger partial charge in [-0.25, -0.2) is 13.6 Å². The summed E-state index contributed by atoms with van der Waals surface area (Å²) in [6.45, 7) is 0.965. The minimum atomic E-state index is -5.07. The number of carboxylic acid groups (broad SMARTS) is 1. The van der Waals surface area contributed by atoms with Crippen LogP contribution in [-0.2, 0) is 6.54 Å². The molecule has 0 bridgehead atoms. The molecule has 0 amide bonds. The highest BCUT2D eigenvalue weighted by atomic mass is 19.4. The van der Waals surface area contributed by atoms with E-state index in [0.717, 1.165) is 11.6 Å². The number of aromatic carboxylic acids is 1. The Morgan fingerprint density at radius 3 is 2.59 bits per heavy atom. The van der Waals surface area contributed by atoms with Crippen LogP contribution in [0.25, 0.3) is 0 Å². The largest absolute Gasteiger partial charge is 0.573 e. The lowest BCUT2D eigenvalue weighted by molar-refractivity contribution is -0.275. The van der Waals surface area contributed by atoms with E-state index >= 15 is 0 Å². The van der Waals surface area contributed by atoms with Gasteiger partial charge in [0.1, 0.15) is 5.69 Å². The summed E-state index contributed by atoms with van der Waals surface area (Å²) in [6, 6.07) is 0. The summed E-state index contributed by atoms with van der Waals surface area (Å²) in [7, 11) is 0. The van der Waals surface area contributed by atoms with Crippen LogP contribution in [0, 0.1) is 12.8 Å². The number of carbonyl (C=O) groups is 1. The number of halogens is 5. The molecular weight excluding hydrogens is 315 g/mol. The monoisotopic (exact) mass is 328 g/mol. The van der Waals surface area contributed by atoms with Crippen LogP contribution in [0.2, 0.25) is 0 Å². The minimum Gasteiger partial charge on any atom is -0.476 e. The number of aromatic nitrogens is 2. The topological polar surface area (TPSA) is 64.4 Å². The molecule has 2 rings (SSSR count). The van der Waals surface area contributed by atoms with Crippen LogP contribution in [0.15, 0.2) is 0 Å². The average Bonchev–Trinajstić information content (AvgIpc) is 2.78. The minimum absolute atomic E-state index is 0.153. The summed E-state index contributed by atoms with van der Waals surface area (Å²) in [6.07, 6.45) is -5.68. The number of rotatable bonds is 4. The Hall–Kier alpha value is -1.87. The fourth-order valence-corrected chi connectivity index (χ4v) is 2.58. The molecule has 0 spiro atoms. The Morgan fingerprint density at radius 2 is 2.14 bits per heavy atom. The van der Waals surface area contributed by atoms with Crippen molar-refractivity contribution in [2.24, 2.45) is 5.92 Å². The van der Waals surface area contributed by atoms with Crippen LogP contribution in [0.5, 0.6) is 5.75 Å². The third kappa shape index (κ3) is 3.66. The number of carboxylic acids is 1. The molecule has 1 aliphatic rings. The lowest BCUT2D eigenvalue weighted by Crippen LogP contribution is -2.21. The number of ether oxygens (including phenoxy) is 1. The summed E-state index contributed by atoms with van der Waals surface area (Å²) in [4.78, 5) is 11.2. The first-order chi connectivity index (χ1) is 9.98. The fraction of sp³-hybridized carbons (Fsp3) is 0.667. The molecule has 1 atom stereocenters. The summed E-state index contributed by atoms with van der Waals surface area (Å²) in [5.41, 5.74) is -1.05. The van der Waals surface area contributed by atoms with Gasteiger partial charge in [0.15, 0.2) is 11.4 Å². The van der Waals surface area contributed by atoms with Gasteiger partial charge in [0.05, 0.1) is 0 Å². The van der Waals surface area contributed by atoms with Gasteiger partial charge in [-0.05, 0) is 19.3 Å². The van der Waals surface area contributed by atoms with E-state index < -0.39 is 42.0 Å². The number of hydrogen-bond acceptors (Lipinski definition) is 3. The predicted molar refractivity (Wildman–Crippen MR) is 62.9 cm³/mol. The van der Waals surface area contributed by atoms with Crippen LogP contribution in [0.1, 0.15) is 35.4 Å². The molecule has 1 aromatic heterocycles. The molecule has 0 aromatic carbocycles. The first kappa shape index (κ1) is 16.5. The molecule has 1 heterocycles. The summed E-state index contributed by atoms with van der Waals surface area (Å²) >= 11 is 0. The van der Waals surface area contributed by atoms with Crippen molar-refractivity contribution in [2.75, 3.05) is 0 Å². The summed E-state index contributed by atoms with van der Waals surface area (Å²) in [5.74, 6) is -5.96. The van der Waals surface area contributed by atoms with Crippen molar-refractivity contribution >= 4 is 5.97 Å². The van der Waals surface area contributed by atoms with Gasteiger partial charge in [-0.2, -0.15) is 5.10 Å². The zero-order valence-electron chi connectivity index (χ0n) is 11.5. The van der Waals surface area contributed by atoms with E-state index in [1.54, 1.807) is 0 Å². The smallest absolute Gasteiger partial charge is 0.476 e. The van der Waals surface area contributed by atoms with Crippen LogP contribution < -0.4 is 4.74 Å². The van der Waals surface area contributed by atoms with Crippen LogP contribution >= 0.6 is 0 Å². The lowest BCUT2D eigenvalue weighted by Gasteiger charge is -2.13. The molecule has 0 aliphatic heterocycles. The van der Waals surface area contributed by atoms with Gasteiger partial charge >= 0.3 is 12.3 Å². The zero-order chi connectivity index (χ0) is 16.7. The zero-order valence-corrected chi connectivity index (χ0v) is 11.5. The summed E-state index contributed by atoms with van der Waals surface area (Å²) < 4.78 is 67.8. The molecular formula is C12H13F5N2O3. The van der Waals surface area contributed by atoms with Gasteiger partial charge < -0.3 is 9.84 Å². The highest BCUT2D eigenvalue weighted by Gasteiger charge is 2.41. The molecule has 1 aliphatic carbocycles. The molecule has 0 radical (unpaired) electrons. The first-order valence-electron chi connectivity index (χ1n) is 6.43. The van der Waals surface area contributed by atoms with E-state index in [4.69, 9.17) is 5.11 Å².